The van der Waals surface area contributed by atoms with Crippen LogP contribution in [0.25, 0.3) is 0 Å². The number of nitrogens with zero attached hydrogens (tertiary/aromatic N) is 1. The molecule has 0 atom stereocenters. The van der Waals surface area contributed by atoms with Crippen molar-refractivity contribution < 1.29 is 18.3 Å². The van der Waals surface area contributed by atoms with Crippen molar-refractivity contribution in [3.8, 4) is 5.75 Å². The fourth-order valence-corrected chi connectivity index (χ4v) is 2.45. The Kier molecular flexibility index (Phi) is 4.74. The molecule has 0 aromatic heterocycles. The van der Waals surface area contributed by atoms with Crippen LogP contribution in [0.1, 0.15) is 23.2 Å². The first-order chi connectivity index (χ1) is 9.06. The molecule has 0 radical (unpaired) electrons. The van der Waals surface area contributed by atoms with Crippen LogP contribution in [0.5, 0.6) is 5.75 Å². The molecular formula is C13H14BrF2NO2. The van der Waals surface area contributed by atoms with Crippen LogP contribution in [-0.2, 0) is 0 Å². The van der Waals surface area contributed by atoms with Gasteiger partial charge in [-0.25, -0.2) is 0 Å². The fraction of sp³-hybridized carbons (Fsp3) is 0.462. The topological polar surface area (TPSA) is 29.5 Å². The van der Waals surface area contributed by atoms with Crippen LogP contribution in [0.3, 0.4) is 0 Å². The molecular weight excluding hydrogens is 320 g/mol. The molecule has 1 aliphatic heterocycles. The Balaban J connectivity index is 2.06. The van der Waals surface area contributed by atoms with E-state index in [-0.39, 0.29) is 11.7 Å². The van der Waals surface area contributed by atoms with Gasteiger partial charge in [0, 0.05) is 23.5 Å². The number of carbonyl (C=O) groups excluding carboxylic acids is 1. The van der Waals surface area contributed by atoms with Gasteiger partial charge in [0.25, 0.3) is 5.91 Å². The van der Waals surface area contributed by atoms with Crippen molar-refractivity contribution in [2.45, 2.75) is 24.3 Å². The van der Waals surface area contributed by atoms with Crippen molar-refractivity contribution in [3.63, 3.8) is 0 Å². The molecule has 1 aromatic carbocycles. The van der Waals surface area contributed by atoms with Crippen LogP contribution in [-0.4, -0.2) is 35.3 Å². The maximum absolute atomic E-state index is 12.2. The minimum Gasteiger partial charge on any atom is -0.435 e. The predicted molar refractivity (Wildman–Crippen MR) is 70.9 cm³/mol. The lowest BCUT2D eigenvalue weighted by atomic mass is 10.1. The summed E-state index contributed by atoms with van der Waals surface area (Å²) >= 11 is 3.52. The number of benzene rings is 1. The minimum atomic E-state index is -2.88. The average Bonchev–Trinajstić information content (AvgIpc) is 2.38. The zero-order valence-electron chi connectivity index (χ0n) is 10.2. The molecule has 104 valence electrons. The van der Waals surface area contributed by atoms with E-state index < -0.39 is 6.61 Å². The third kappa shape index (κ3) is 3.89. The van der Waals surface area contributed by atoms with E-state index in [0.29, 0.717) is 23.5 Å². The zero-order valence-corrected chi connectivity index (χ0v) is 11.8. The summed E-state index contributed by atoms with van der Waals surface area (Å²) in [4.78, 5) is 14.4. The van der Waals surface area contributed by atoms with Crippen LogP contribution in [0.4, 0.5) is 8.78 Å². The van der Waals surface area contributed by atoms with Gasteiger partial charge in [0.2, 0.25) is 0 Å². The average molecular weight is 334 g/mol. The molecule has 1 aromatic rings. The maximum atomic E-state index is 12.2. The Hall–Kier alpha value is -1.17. The van der Waals surface area contributed by atoms with Crippen molar-refractivity contribution in [2.75, 3.05) is 13.1 Å². The summed E-state index contributed by atoms with van der Waals surface area (Å²) in [5.74, 6) is -0.129. The number of hydrogen-bond donors (Lipinski definition) is 0. The van der Waals surface area contributed by atoms with E-state index in [2.05, 4.69) is 20.7 Å². The normalized spacial score (nSPS) is 16.7. The summed E-state index contributed by atoms with van der Waals surface area (Å²) in [6.07, 6.45) is 1.80. The van der Waals surface area contributed by atoms with Crippen LogP contribution in [0.2, 0.25) is 0 Å². The largest absolute Gasteiger partial charge is 0.435 e. The summed E-state index contributed by atoms with van der Waals surface area (Å²) in [7, 11) is 0. The zero-order chi connectivity index (χ0) is 13.8. The van der Waals surface area contributed by atoms with Gasteiger partial charge in [-0.2, -0.15) is 8.78 Å². The Morgan fingerprint density at radius 2 is 2.05 bits per heavy atom. The Morgan fingerprint density at radius 3 is 2.68 bits per heavy atom. The highest BCUT2D eigenvalue weighted by atomic mass is 79.9. The van der Waals surface area contributed by atoms with E-state index >= 15 is 0 Å². The van der Waals surface area contributed by atoms with Gasteiger partial charge in [0.05, 0.1) is 0 Å². The minimum absolute atomic E-state index is 0.0104. The quantitative estimate of drug-likeness (QED) is 0.794. The number of carbonyl (C=O) groups is 1. The van der Waals surface area contributed by atoms with Gasteiger partial charge in [-0.15, -0.1) is 0 Å². The Morgan fingerprint density at radius 1 is 1.37 bits per heavy atom. The van der Waals surface area contributed by atoms with E-state index in [0.717, 1.165) is 12.8 Å². The first kappa shape index (κ1) is 14.2. The van der Waals surface area contributed by atoms with Gasteiger partial charge in [0.15, 0.2) is 0 Å². The third-order valence-electron chi connectivity index (χ3n) is 3.02. The molecule has 0 N–H and O–H groups in total. The molecule has 6 heteroatoms. The highest BCUT2D eigenvalue weighted by Gasteiger charge is 2.22. The van der Waals surface area contributed by atoms with Gasteiger partial charge in [-0.05, 0) is 31.0 Å². The molecule has 0 unspecified atom stereocenters. The van der Waals surface area contributed by atoms with Crippen LogP contribution < -0.4 is 4.74 Å². The molecule has 0 spiro atoms. The van der Waals surface area contributed by atoms with Gasteiger partial charge < -0.3 is 9.64 Å². The summed E-state index contributed by atoms with van der Waals surface area (Å²) in [5, 5.41) is 0. The van der Waals surface area contributed by atoms with E-state index in [1.165, 1.54) is 12.1 Å². The van der Waals surface area contributed by atoms with Crippen molar-refractivity contribution in [1.82, 2.24) is 4.90 Å². The molecule has 0 saturated carbocycles. The van der Waals surface area contributed by atoms with E-state index in [4.69, 9.17) is 0 Å². The predicted octanol–water partition coefficient (Wildman–Crippen LogP) is 3.29. The molecule has 1 saturated heterocycles. The van der Waals surface area contributed by atoms with Crippen LogP contribution in [0, 0.1) is 0 Å². The molecule has 2 rings (SSSR count). The smallest absolute Gasteiger partial charge is 0.387 e. The highest BCUT2D eigenvalue weighted by molar-refractivity contribution is 9.09. The number of ether oxygens (including phenoxy) is 1. The molecule has 1 aliphatic rings. The first-order valence-corrected chi connectivity index (χ1v) is 6.96. The van der Waals surface area contributed by atoms with Gasteiger partial charge in [-0.1, -0.05) is 22.0 Å². The maximum Gasteiger partial charge on any atom is 0.387 e. The molecule has 19 heavy (non-hydrogen) atoms. The monoisotopic (exact) mass is 333 g/mol. The molecule has 0 bridgehead atoms. The number of alkyl halides is 3. The molecule has 1 amide bonds. The lowest BCUT2D eigenvalue weighted by Gasteiger charge is -2.29. The SMILES string of the molecule is O=C(c1cccc(OC(F)F)c1)N1CCC(Br)CC1. The third-order valence-corrected chi connectivity index (χ3v) is 3.93. The highest BCUT2D eigenvalue weighted by Crippen LogP contribution is 2.21. The summed E-state index contributed by atoms with van der Waals surface area (Å²) in [5.41, 5.74) is 0.381. The van der Waals surface area contributed by atoms with Crippen LogP contribution >= 0.6 is 15.9 Å². The molecule has 1 heterocycles. The summed E-state index contributed by atoms with van der Waals surface area (Å²) in [6.45, 7) is -1.53. The number of likely N-dealkylation sites (tertiary alicyclic amines) is 1. The number of rotatable bonds is 3. The second kappa shape index (κ2) is 6.32. The number of hydrogen-bond acceptors (Lipinski definition) is 2. The number of piperidine rings is 1. The second-order valence-electron chi connectivity index (χ2n) is 4.37. The lowest BCUT2D eigenvalue weighted by Crippen LogP contribution is -2.38. The van der Waals surface area contributed by atoms with E-state index in [1.54, 1.807) is 17.0 Å². The van der Waals surface area contributed by atoms with Crippen molar-refractivity contribution in [2.24, 2.45) is 0 Å². The summed E-state index contributed by atoms with van der Waals surface area (Å²) in [6, 6.07) is 5.92. The van der Waals surface area contributed by atoms with E-state index in [1.807, 2.05) is 0 Å². The Bertz CT molecular complexity index is 448. The lowest BCUT2D eigenvalue weighted by molar-refractivity contribution is -0.0499. The van der Waals surface area contributed by atoms with Crippen molar-refractivity contribution in [3.05, 3.63) is 29.8 Å². The number of halogens is 3. The molecule has 1 fully saturated rings. The van der Waals surface area contributed by atoms with Crippen LogP contribution in [0.15, 0.2) is 24.3 Å². The molecule has 0 aliphatic carbocycles. The summed E-state index contributed by atoms with van der Waals surface area (Å²) < 4.78 is 28.6. The number of amides is 1. The van der Waals surface area contributed by atoms with E-state index in [9.17, 15) is 13.6 Å². The molecule has 3 nitrogen and oxygen atoms in total. The van der Waals surface area contributed by atoms with Gasteiger partial charge in [-0.3, -0.25) is 4.79 Å². The second-order valence-corrected chi connectivity index (χ2v) is 5.67. The fourth-order valence-electron chi connectivity index (χ4n) is 2.04. The van der Waals surface area contributed by atoms with Gasteiger partial charge in [0.1, 0.15) is 5.75 Å². The standard InChI is InChI=1S/C13H14BrF2NO2/c14-10-4-6-17(7-5-10)12(18)9-2-1-3-11(8-9)19-13(15)16/h1-3,8,10,13H,4-7H2. The van der Waals surface area contributed by atoms with Crippen molar-refractivity contribution in [1.29, 1.82) is 0 Å². The van der Waals surface area contributed by atoms with Crippen molar-refractivity contribution >= 4 is 21.8 Å². The van der Waals surface area contributed by atoms with Gasteiger partial charge >= 0.3 is 6.61 Å². The Labute approximate surface area is 118 Å². The first-order valence-electron chi connectivity index (χ1n) is 6.04.